The summed E-state index contributed by atoms with van der Waals surface area (Å²) >= 11 is 2.36. The third-order valence-electron chi connectivity index (χ3n) is 7.20. The molecule has 1 saturated heterocycles. The van der Waals surface area contributed by atoms with Crippen molar-refractivity contribution in [2.75, 3.05) is 43.2 Å². The van der Waals surface area contributed by atoms with E-state index in [0.29, 0.717) is 43.4 Å². The van der Waals surface area contributed by atoms with Crippen LogP contribution in [0.15, 0.2) is 36.9 Å². The van der Waals surface area contributed by atoms with Gasteiger partial charge in [0, 0.05) is 12.6 Å². The summed E-state index contributed by atoms with van der Waals surface area (Å²) in [5.41, 5.74) is 1.54. The van der Waals surface area contributed by atoms with E-state index in [1.54, 1.807) is 17.0 Å². The Balaban J connectivity index is 2.37. The molecule has 2 rings (SSSR count). The fourth-order valence-electron chi connectivity index (χ4n) is 3.89. The Morgan fingerprint density at radius 1 is 1.21 bits per heavy atom. The van der Waals surface area contributed by atoms with Gasteiger partial charge in [-0.05, 0) is 54.3 Å². The van der Waals surface area contributed by atoms with Gasteiger partial charge in [0.05, 0.1) is 37.6 Å². The highest BCUT2D eigenvalue weighted by Gasteiger charge is 2.40. The van der Waals surface area contributed by atoms with Crippen molar-refractivity contribution in [1.82, 2.24) is 4.90 Å². The van der Waals surface area contributed by atoms with Gasteiger partial charge in [-0.1, -0.05) is 68.2 Å². The molecule has 1 aliphatic rings. The zero-order chi connectivity index (χ0) is 29.2. The molecule has 0 saturated carbocycles. The van der Waals surface area contributed by atoms with Gasteiger partial charge in [-0.2, -0.15) is 0 Å². The first kappa shape index (κ1) is 33.2. The molecule has 8 nitrogen and oxygen atoms in total. The van der Waals surface area contributed by atoms with E-state index >= 15 is 0 Å². The first-order chi connectivity index (χ1) is 18.3. The number of carbonyl (C=O) groups excluding carboxylic acids is 2. The standard InChI is InChI=1S/C29H45IN2O6Si/c1-9-14-37-28(34)31-24-18-26(36-15-12-10-11-13-30)25(35-6)17-23(24)27(33)32-19-21(2)16-22(32)20-38-39(7,8)29(3,4)5/h9,17-18,22H,1-2,10-16,19-20H2,3-8H3,(H,31,34)/t22-/m0/s1. The van der Waals surface area contributed by atoms with Crippen molar-refractivity contribution >= 4 is 48.6 Å². The Morgan fingerprint density at radius 3 is 2.54 bits per heavy atom. The first-order valence-electron chi connectivity index (χ1n) is 13.4. The monoisotopic (exact) mass is 672 g/mol. The summed E-state index contributed by atoms with van der Waals surface area (Å²) in [5.74, 6) is 0.624. The minimum absolute atomic E-state index is 0.0459. The Bertz CT molecular complexity index is 1020. The third kappa shape index (κ3) is 9.53. The van der Waals surface area contributed by atoms with Crippen molar-refractivity contribution in [2.24, 2.45) is 0 Å². The van der Waals surface area contributed by atoms with Gasteiger partial charge in [-0.15, -0.1) is 0 Å². The molecular formula is C29H45IN2O6Si. The molecule has 0 aromatic heterocycles. The number of unbranched alkanes of at least 4 members (excludes halogenated alkanes) is 2. The average molecular weight is 673 g/mol. The van der Waals surface area contributed by atoms with Gasteiger partial charge < -0.3 is 23.5 Å². The van der Waals surface area contributed by atoms with E-state index in [1.165, 1.54) is 13.2 Å². The van der Waals surface area contributed by atoms with Gasteiger partial charge in [-0.25, -0.2) is 4.79 Å². The summed E-state index contributed by atoms with van der Waals surface area (Å²) in [7, 11) is -0.480. The molecule has 39 heavy (non-hydrogen) atoms. The minimum Gasteiger partial charge on any atom is -0.493 e. The molecule has 1 aromatic carbocycles. The van der Waals surface area contributed by atoms with Crippen LogP contribution in [0.2, 0.25) is 18.1 Å². The molecule has 1 atom stereocenters. The lowest BCUT2D eigenvalue weighted by Crippen LogP contribution is -2.46. The number of hydrogen-bond donors (Lipinski definition) is 1. The summed E-state index contributed by atoms with van der Waals surface area (Å²) < 4.78 is 24.3. The Labute approximate surface area is 248 Å². The molecule has 10 heteroatoms. The number of methoxy groups -OCH3 is 1. The molecule has 218 valence electrons. The van der Waals surface area contributed by atoms with Crippen LogP contribution in [0.3, 0.4) is 0 Å². The predicted molar refractivity (Wildman–Crippen MR) is 168 cm³/mol. The van der Waals surface area contributed by atoms with Crippen molar-refractivity contribution in [2.45, 2.75) is 70.6 Å². The van der Waals surface area contributed by atoms with Gasteiger partial charge in [0.15, 0.2) is 19.8 Å². The second kappa shape index (κ2) is 15.1. The third-order valence-corrected chi connectivity index (χ3v) is 12.5. The van der Waals surface area contributed by atoms with Gasteiger partial charge in [0.1, 0.15) is 6.61 Å². The molecule has 1 aromatic rings. The number of carbonyl (C=O) groups is 2. The number of halogens is 1. The Kier molecular flexibility index (Phi) is 12.8. The Hall–Kier alpha value is -2.05. The fourth-order valence-corrected chi connectivity index (χ4v) is 5.47. The van der Waals surface area contributed by atoms with Gasteiger partial charge in [0.25, 0.3) is 5.91 Å². The number of amides is 2. The highest BCUT2D eigenvalue weighted by molar-refractivity contribution is 14.1. The highest BCUT2D eigenvalue weighted by atomic mass is 127. The van der Waals surface area contributed by atoms with Gasteiger partial charge >= 0.3 is 6.09 Å². The molecule has 2 amide bonds. The number of alkyl halides is 1. The summed E-state index contributed by atoms with van der Waals surface area (Å²) in [6.07, 6.45) is 4.52. The van der Waals surface area contributed by atoms with Crippen molar-refractivity contribution in [3.63, 3.8) is 0 Å². The molecule has 0 radical (unpaired) electrons. The fraction of sp³-hybridized carbons (Fsp3) is 0.586. The van der Waals surface area contributed by atoms with Crippen LogP contribution >= 0.6 is 22.6 Å². The van der Waals surface area contributed by atoms with Crippen molar-refractivity contribution in [3.05, 3.63) is 42.5 Å². The van der Waals surface area contributed by atoms with Crippen LogP contribution in [-0.4, -0.2) is 69.2 Å². The van der Waals surface area contributed by atoms with Crippen LogP contribution in [-0.2, 0) is 9.16 Å². The molecule has 1 N–H and O–H groups in total. The molecule has 0 spiro atoms. The number of ether oxygens (including phenoxy) is 3. The lowest BCUT2D eigenvalue weighted by Gasteiger charge is -2.38. The van der Waals surface area contributed by atoms with Gasteiger partial charge in [-0.3, -0.25) is 10.1 Å². The lowest BCUT2D eigenvalue weighted by molar-refractivity contribution is 0.0686. The SMILES string of the molecule is C=CCOC(=O)Nc1cc(OCCCCCI)c(OC)cc1C(=O)N1CC(=C)C[C@H]1CO[Si](C)(C)C(C)(C)C. The molecule has 1 heterocycles. The van der Waals surface area contributed by atoms with Crippen LogP contribution in [0.25, 0.3) is 0 Å². The van der Waals surface area contributed by atoms with Crippen LogP contribution < -0.4 is 14.8 Å². The van der Waals surface area contributed by atoms with E-state index in [0.717, 1.165) is 29.3 Å². The van der Waals surface area contributed by atoms with Gasteiger partial charge in [0.2, 0.25) is 0 Å². The van der Waals surface area contributed by atoms with E-state index in [4.69, 9.17) is 18.6 Å². The summed E-state index contributed by atoms with van der Waals surface area (Å²) in [6, 6.07) is 3.10. The maximum Gasteiger partial charge on any atom is 0.411 e. The number of rotatable bonds is 14. The van der Waals surface area contributed by atoms with E-state index in [2.05, 4.69) is 74.9 Å². The number of anilines is 1. The smallest absolute Gasteiger partial charge is 0.411 e. The zero-order valence-electron chi connectivity index (χ0n) is 24.4. The number of nitrogens with zero attached hydrogens (tertiary/aromatic N) is 1. The van der Waals surface area contributed by atoms with E-state index in [-0.39, 0.29) is 29.2 Å². The second-order valence-electron chi connectivity index (χ2n) is 11.3. The summed E-state index contributed by atoms with van der Waals surface area (Å²) in [5, 5.41) is 2.77. The van der Waals surface area contributed by atoms with Crippen molar-refractivity contribution in [1.29, 1.82) is 0 Å². The summed E-state index contributed by atoms with van der Waals surface area (Å²) in [4.78, 5) is 28.2. The number of benzene rings is 1. The number of likely N-dealkylation sites (tertiary alicyclic amines) is 1. The highest BCUT2D eigenvalue weighted by Crippen LogP contribution is 2.39. The normalized spacial score (nSPS) is 15.7. The largest absolute Gasteiger partial charge is 0.493 e. The Morgan fingerprint density at radius 2 is 1.92 bits per heavy atom. The number of nitrogens with one attached hydrogen (secondary N) is 1. The molecule has 0 bridgehead atoms. The molecule has 0 unspecified atom stereocenters. The van der Waals surface area contributed by atoms with E-state index in [1.807, 2.05) is 0 Å². The van der Waals surface area contributed by atoms with E-state index in [9.17, 15) is 9.59 Å². The second-order valence-corrected chi connectivity index (χ2v) is 17.2. The first-order valence-corrected chi connectivity index (χ1v) is 17.8. The van der Waals surface area contributed by atoms with Crippen LogP contribution in [0.4, 0.5) is 10.5 Å². The van der Waals surface area contributed by atoms with Crippen LogP contribution in [0, 0.1) is 0 Å². The lowest BCUT2D eigenvalue weighted by atomic mass is 10.1. The minimum atomic E-state index is -2.01. The maximum absolute atomic E-state index is 14.0. The molecule has 1 aliphatic heterocycles. The molecule has 1 fully saturated rings. The van der Waals surface area contributed by atoms with Crippen molar-refractivity contribution in [3.8, 4) is 11.5 Å². The average Bonchev–Trinajstić information content (AvgIpc) is 3.25. The van der Waals surface area contributed by atoms with Crippen molar-refractivity contribution < 1.29 is 28.2 Å². The quantitative estimate of drug-likeness (QED) is 0.0740. The molecule has 0 aliphatic carbocycles. The topological polar surface area (TPSA) is 86.3 Å². The van der Waals surface area contributed by atoms with E-state index < -0.39 is 14.4 Å². The predicted octanol–water partition coefficient (Wildman–Crippen LogP) is 7.21. The maximum atomic E-state index is 14.0. The zero-order valence-corrected chi connectivity index (χ0v) is 27.5. The van der Waals surface area contributed by atoms with Crippen LogP contribution in [0.5, 0.6) is 11.5 Å². The summed E-state index contributed by atoms with van der Waals surface area (Å²) in [6.45, 7) is 20.1. The number of hydrogen-bond acceptors (Lipinski definition) is 6. The van der Waals surface area contributed by atoms with Crippen LogP contribution in [0.1, 0.15) is 56.8 Å². The molecular weight excluding hydrogens is 627 g/mol.